The Balaban J connectivity index is 2.06. The predicted molar refractivity (Wildman–Crippen MR) is 112 cm³/mol. The van der Waals surface area contributed by atoms with Crippen molar-refractivity contribution in [2.75, 3.05) is 20.6 Å². The largest absolute Gasteiger partial charge is 0.351 e. The molecule has 0 aliphatic carbocycles. The summed E-state index contributed by atoms with van der Waals surface area (Å²) in [7, 11) is -0.336. The van der Waals surface area contributed by atoms with Gasteiger partial charge in [0, 0.05) is 23.8 Å². The zero-order chi connectivity index (χ0) is 20.7. The number of sulfonamides is 1. The van der Waals surface area contributed by atoms with Crippen molar-refractivity contribution in [3.63, 3.8) is 0 Å². The average molecular weight is 424 g/mol. The quantitative estimate of drug-likeness (QED) is 0.454. The van der Waals surface area contributed by atoms with Crippen molar-refractivity contribution < 1.29 is 13.2 Å². The van der Waals surface area contributed by atoms with Gasteiger partial charge in [0.15, 0.2) is 5.96 Å². The van der Waals surface area contributed by atoms with Crippen molar-refractivity contribution in [2.24, 2.45) is 10.1 Å². The first kappa shape index (κ1) is 21.9. The molecule has 0 spiro atoms. The van der Waals surface area contributed by atoms with Gasteiger partial charge in [0.1, 0.15) is 0 Å². The maximum absolute atomic E-state index is 11.8. The van der Waals surface area contributed by atoms with E-state index >= 15 is 0 Å². The Kier molecular flexibility index (Phi) is 7.55. The van der Waals surface area contributed by atoms with Crippen LogP contribution in [0.15, 0.2) is 46.3 Å². The monoisotopic (exact) mass is 423 g/mol. The Bertz CT molecular complexity index is 934. The van der Waals surface area contributed by atoms with Crippen molar-refractivity contribution in [1.82, 2.24) is 15.5 Å². The van der Waals surface area contributed by atoms with Crippen LogP contribution in [0.5, 0.6) is 0 Å². The van der Waals surface area contributed by atoms with E-state index < -0.39 is 10.0 Å². The number of carbonyl (C=O) groups is 1. The van der Waals surface area contributed by atoms with Gasteiger partial charge in [-0.05, 0) is 36.8 Å². The third-order valence-corrected chi connectivity index (χ3v) is 5.73. The summed E-state index contributed by atoms with van der Waals surface area (Å²) >= 11 is 1.69. The molecule has 1 amide bonds. The number of benzene rings is 1. The van der Waals surface area contributed by atoms with Gasteiger partial charge in [-0.2, -0.15) is 0 Å². The highest BCUT2D eigenvalue weighted by Crippen LogP contribution is 2.14. The summed E-state index contributed by atoms with van der Waals surface area (Å²) in [6.45, 7) is 3.07. The van der Waals surface area contributed by atoms with Crippen molar-refractivity contribution in [3.05, 3.63) is 51.7 Å². The highest BCUT2D eigenvalue weighted by atomic mass is 32.2. The molecule has 0 fully saturated rings. The second kappa shape index (κ2) is 9.67. The summed E-state index contributed by atoms with van der Waals surface area (Å²) < 4.78 is 22.7. The average Bonchev–Trinajstić information content (AvgIpc) is 3.05. The minimum absolute atomic E-state index is 0.0568. The van der Waals surface area contributed by atoms with Crippen LogP contribution in [0.25, 0.3) is 0 Å². The molecule has 1 aromatic carbocycles. The predicted octanol–water partition coefficient (Wildman–Crippen LogP) is 1.03. The summed E-state index contributed by atoms with van der Waals surface area (Å²) in [5, 5.41) is 11.3. The number of likely N-dealkylation sites (N-methyl/N-ethyl adjacent to an activating group) is 1. The molecule has 4 N–H and O–H groups in total. The molecule has 0 bridgehead atoms. The van der Waals surface area contributed by atoms with Crippen LogP contribution in [0.1, 0.15) is 15.3 Å². The molecule has 2 rings (SSSR count). The van der Waals surface area contributed by atoms with E-state index in [2.05, 4.69) is 21.7 Å². The molecule has 0 radical (unpaired) electrons. The van der Waals surface area contributed by atoms with Gasteiger partial charge in [-0.1, -0.05) is 12.1 Å². The summed E-state index contributed by atoms with van der Waals surface area (Å²) in [5.41, 5.74) is 0.819. The molecular formula is C18H25N5O3S2. The molecular weight excluding hydrogens is 398 g/mol. The lowest BCUT2D eigenvalue weighted by Crippen LogP contribution is -2.42. The summed E-state index contributed by atoms with van der Waals surface area (Å²) in [4.78, 5) is 20.3. The Labute approximate surface area is 169 Å². The van der Waals surface area contributed by atoms with Gasteiger partial charge in [0.05, 0.1) is 24.5 Å². The second-order valence-corrected chi connectivity index (χ2v) is 9.30. The van der Waals surface area contributed by atoms with Gasteiger partial charge in [-0.15, -0.1) is 11.3 Å². The molecule has 8 nitrogen and oxygen atoms in total. The van der Waals surface area contributed by atoms with E-state index in [4.69, 9.17) is 5.14 Å². The van der Waals surface area contributed by atoms with Crippen molar-refractivity contribution in [2.45, 2.75) is 24.9 Å². The number of primary sulfonamides is 1. The van der Waals surface area contributed by atoms with E-state index in [0.29, 0.717) is 19.0 Å². The Hall–Kier alpha value is -2.43. The maximum Gasteiger partial charge on any atom is 0.241 e. The number of aliphatic imine (C=N–C) groups is 1. The number of aryl methyl sites for hydroxylation is 1. The summed E-state index contributed by atoms with van der Waals surface area (Å²) in [6, 6.07) is 10.3. The van der Waals surface area contributed by atoms with E-state index in [1.807, 2.05) is 13.0 Å². The fourth-order valence-electron chi connectivity index (χ4n) is 2.20. The van der Waals surface area contributed by atoms with Crippen LogP contribution < -0.4 is 15.8 Å². The van der Waals surface area contributed by atoms with Crippen LogP contribution in [0, 0.1) is 6.92 Å². The first-order valence-electron chi connectivity index (χ1n) is 8.54. The number of carbonyl (C=O) groups excluding carboxylic acids is 1. The first-order valence-corrected chi connectivity index (χ1v) is 10.9. The van der Waals surface area contributed by atoms with Gasteiger partial charge in [-0.3, -0.25) is 4.79 Å². The van der Waals surface area contributed by atoms with Crippen LogP contribution in [0.3, 0.4) is 0 Å². The highest BCUT2D eigenvalue weighted by Gasteiger charge is 2.08. The number of nitrogens with zero attached hydrogens (tertiary/aromatic N) is 2. The highest BCUT2D eigenvalue weighted by molar-refractivity contribution is 7.89. The van der Waals surface area contributed by atoms with Crippen molar-refractivity contribution in [1.29, 1.82) is 0 Å². The van der Waals surface area contributed by atoms with E-state index in [1.54, 1.807) is 37.6 Å². The lowest BCUT2D eigenvalue weighted by atomic mass is 10.2. The zero-order valence-electron chi connectivity index (χ0n) is 16.1. The van der Waals surface area contributed by atoms with Crippen LogP contribution >= 0.6 is 11.3 Å². The fraction of sp³-hybridized carbons (Fsp3) is 0.333. The maximum atomic E-state index is 11.8. The molecule has 0 aliphatic rings. The number of guanidine groups is 1. The fourth-order valence-corrected chi connectivity index (χ4v) is 3.54. The SMILES string of the molecule is Cc1ccc(CNC(=NCc2ccc(S(N)(=O)=O)cc2)NCC(=O)N(C)C)s1. The summed E-state index contributed by atoms with van der Waals surface area (Å²) in [5.74, 6) is 0.427. The lowest BCUT2D eigenvalue weighted by molar-refractivity contribution is -0.127. The molecule has 0 saturated carbocycles. The number of hydrogen-bond donors (Lipinski definition) is 3. The molecule has 28 heavy (non-hydrogen) atoms. The van der Waals surface area contributed by atoms with Gasteiger partial charge in [0.2, 0.25) is 15.9 Å². The molecule has 152 valence electrons. The van der Waals surface area contributed by atoms with Crippen LogP contribution in [-0.2, 0) is 27.9 Å². The molecule has 1 heterocycles. The van der Waals surface area contributed by atoms with Crippen LogP contribution in [0.2, 0.25) is 0 Å². The lowest BCUT2D eigenvalue weighted by Gasteiger charge is -2.14. The van der Waals surface area contributed by atoms with Crippen LogP contribution in [-0.4, -0.2) is 45.8 Å². The molecule has 1 aromatic heterocycles. The third-order valence-electron chi connectivity index (χ3n) is 3.80. The number of hydrogen-bond acceptors (Lipinski definition) is 5. The summed E-state index contributed by atoms with van der Waals surface area (Å²) in [6.07, 6.45) is 0. The van der Waals surface area contributed by atoms with Crippen LogP contribution in [0.4, 0.5) is 0 Å². The molecule has 2 aromatic rings. The number of thiophene rings is 1. The Morgan fingerprint density at radius 3 is 2.36 bits per heavy atom. The number of amides is 1. The Morgan fingerprint density at radius 2 is 1.82 bits per heavy atom. The van der Waals surface area contributed by atoms with Gasteiger partial charge in [-0.25, -0.2) is 18.5 Å². The van der Waals surface area contributed by atoms with Gasteiger partial charge >= 0.3 is 0 Å². The topological polar surface area (TPSA) is 117 Å². The minimum Gasteiger partial charge on any atom is -0.351 e. The Morgan fingerprint density at radius 1 is 1.14 bits per heavy atom. The van der Waals surface area contributed by atoms with E-state index in [0.717, 1.165) is 10.4 Å². The van der Waals surface area contributed by atoms with Gasteiger partial charge < -0.3 is 15.5 Å². The van der Waals surface area contributed by atoms with E-state index in [1.165, 1.54) is 21.9 Å². The third kappa shape index (κ3) is 6.95. The first-order chi connectivity index (χ1) is 13.1. The van der Waals surface area contributed by atoms with E-state index in [-0.39, 0.29) is 17.3 Å². The molecule has 0 saturated heterocycles. The minimum atomic E-state index is -3.72. The second-order valence-electron chi connectivity index (χ2n) is 6.36. The molecule has 0 unspecified atom stereocenters. The molecule has 0 aliphatic heterocycles. The smallest absolute Gasteiger partial charge is 0.241 e. The number of rotatable bonds is 7. The standard InChI is InChI=1S/C18H25N5O3S2/c1-13-4-7-15(27-13)11-21-18(22-12-17(24)23(2)3)20-10-14-5-8-16(9-6-14)28(19,25)26/h4-9H,10-12H2,1-3H3,(H2,19,25,26)(H2,20,21,22). The zero-order valence-corrected chi connectivity index (χ0v) is 17.7. The number of nitrogens with two attached hydrogens (primary N) is 1. The van der Waals surface area contributed by atoms with Crippen molar-refractivity contribution >= 4 is 33.2 Å². The molecule has 0 atom stereocenters. The number of nitrogens with one attached hydrogen (secondary N) is 2. The van der Waals surface area contributed by atoms with E-state index in [9.17, 15) is 13.2 Å². The normalized spacial score (nSPS) is 11.9. The van der Waals surface area contributed by atoms with Gasteiger partial charge in [0.25, 0.3) is 0 Å². The molecule has 10 heteroatoms. The van der Waals surface area contributed by atoms with Crippen molar-refractivity contribution in [3.8, 4) is 0 Å².